The zero-order valence-corrected chi connectivity index (χ0v) is 14.1. The molecule has 1 aromatic carbocycles. The largest absolute Gasteiger partial charge is 0.309 e. The molecule has 6 heteroatoms. The monoisotopic (exact) mass is 338 g/mol. The zero-order valence-electron chi connectivity index (χ0n) is 14.1. The lowest BCUT2D eigenvalue weighted by Gasteiger charge is -2.11. The molecule has 0 saturated carbocycles. The summed E-state index contributed by atoms with van der Waals surface area (Å²) in [7, 11) is 0. The number of H-pyrrole nitrogens is 1. The number of nitrogens with zero attached hydrogens (tertiary/aromatic N) is 2. The van der Waals surface area contributed by atoms with Crippen LogP contribution in [0.3, 0.4) is 0 Å². The van der Waals surface area contributed by atoms with E-state index in [0.29, 0.717) is 12.2 Å². The molecule has 2 aromatic heterocycles. The number of rotatable bonds is 5. The molecule has 0 bridgehead atoms. The summed E-state index contributed by atoms with van der Waals surface area (Å²) < 4.78 is 13.0. The number of anilines is 1. The zero-order chi connectivity index (χ0) is 17.8. The van der Waals surface area contributed by atoms with Crippen LogP contribution in [0.4, 0.5) is 10.2 Å². The van der Waals surface area contributed by atoms with Gasteiger partial charge in [-0.15, -0.1) is 0 Å². The van der Waals surface area contributed by atoms with Crippen LogP contribution in [-0.4, -0.2) is 21.1 Å². The highest BCUT2D eigenvalue weighted by Crippen LogP contribution is 2.26. The van der Waals surface area contributed by atoms with Crippen LogP contribution in [0.2, 0.25) is 0 Å². The van der Waals surface area contributed by atoms with E-state index in [0.717, 1.165) is 22.4 Å². The first kappa shape index (κ1) is 16.8. The first-order valence-electron chi connectivity index (χ1n) is 8.05. The lowest BCUT2D eigenvalue weighted by Crippen LogP contribution is -2.15. The minimum atomic E-state index is -0.281. The third kappa shape index (κ3) is 3.91. The molecule has 1 atom stereocenters. The van der Waals surface area contributed by atoms with Crippen molar-refractivity contribution in [3.8, 4) is 11.3 Å². The summed E-state index contributed by atoms with van der Waals surface area (Å²) >= 11 is 0. The van der Waals surface area contributed by atoms with Gasteiger partial charge in [0.2, 0.25) is 5.91 Å². The van der Waals surface area contributed by atoms with Crippen LogP contribution >= 0.6 is 0 Å². The van der Waals surface area contributed by atoms with Crippen molar-refractivity contribution >= 4 is 11.7 Å². The maximum atomic E-state index is 13.0. The van der Waals surface area contributed by atoms with Crippen molar-refractivity contribution in [2.45, 2.75) is 26.2 Å². The fraction of sp³-hybridized carbons (Fsp3) is 0.211. The van der Waals surface area contributed by atoms with E-state index < -0.39 is 0 Å². The Balaban J connectivity index is 1.67. The van der Waals surface area contributed by atoms with Crippen LogP contribution in [0.15, 0.2) is 48.8 Å². The van der Waals surface area contributed by atoms with Crippen LogP contribution < -0.4 is 5.32 Å². The number of hydrogen-bond acceptors (Lipinski definition) is 3. The molecule has 0 saturated heterocycles. The van der Waals surface area contributed by atoms with Crippen molar-refractivity contribution in [2.75, 3.05) is 5.32 Å². The minimum absolute atomic E-state index is 0.0143. The Bertz CT molecular complexity index is 859. The fourth-order valence-electron chi connectivity index (χ4n) is 2.69. The van der Waals surface area contributed by atoms with Crippen LogP contribution in [-0.2, 0) is 4.79 Å². The minimum Gasteiger partial charge on any atom is -0.309 e. The predicted octanol–water partition coefficient (Wildman–Crippen LogP) is 4.05. The Morgan fingerprint density at radius 1 is 1.20 bits per heavy atom. The van der Waals surface area contributed by atoms with Gasteiger partial charge in [0.1, 0.15) is 5.82 Å². The van der Waals surface area contributed by atoms with E-state index in [-0.39, 0.29) is 17.6 Å². The highest BCUT2D eigenvalue weighted by Gasteiger charge is 2.16. The van der Waals surface area contributed by atoms with Gasteiger partial charge in [-0.05, 0) is 42.7 Å². The molecule has 3 aromatic rings. The topological polar surface area (TPSA) is 70.7 Å². The second-order valence-corrected chi connectivity index (χ2v) is 6.01. The molecule has 25 heavy (non-hydrogen) atoms. The van der Waals surface area contributed by atoms with Crippen molar-refractivity contribution in [3.05, 3.63) is 65.7 Å². The molecular formula is C19H19FN4O. The van der Waals surface area contributed by atoms with Gasteiger partial charge >= 0.3 is 0 Å². The SMILES string of the molecule is Cc1c(NC(=O)C[C@H](C)c2ccc(F)cc2)n[nH]c1-c1ccncc1. The number of pyridine rings is 1. The van der Waals surface area contributed by atoms with E-state index in [1.165, 1.54) is 12.1 Å². The van der Waals surface area contributed by atoms with E-state index in [2.05, 4.69) is 20.5 Å². The standard InChI is InChI=1S/C19H19FN4O/c1-12(14-3-5-16(20)6-4-14)11-17(25)22-19-13(2)18(23-24-19)15-7-9-21-10-8-15/h3-10,12H,11H2,1-2H3,(H2,22,23,24,25)/t12-/m0/s1. The van der Waals surface area contributed by atoms with Gasteiger partial charge < -0.3 is 5.32 Å². The molecule has 1 amide bonds. The normalized spacial score (nSPS) is 12.0. The van der Waals surface area contributed by atoms with E-state index in [9.17, 15) is 9.18 Å². The lowest BCUT2D eigenvalue weighted by molar-refractivity contribution is -0.116. The maximum absolute atomic E-state index is 13.0. The smallest absolute Gasteiger partial charge is 0.226 e. The molecule has 0 aliphatic carbocycles. The van der Waals surface area contributed by atoms with Crippen LogP contribution in [0, 0.1) is 12.7 Å². The van der Waals surface area contributed by atoms with Crippen molar-refractivity contribution in [1.82, 2.24) is 15.2 Å². The summed E-state index contributed by atoms with van der Waals surface area (Å²) in [5, 5.41) is 9.99. The van der Waals surface area contributed by atoms with Crippen molar-refractivity contribution in [3.63, 3.8) is 0 Å². The summed E-state index contributed by atoms with van der Waals surface area (Å²) in [6.45, 7) is 3.84. The van der Waals surface area contributed by atoms with Gasteiger partial charge in [0.15, 0.2) is 5.82 Å². The fourth-order valence-corrected chi connectivity index (χ4v) is 2.69. The van der Waals surface area contributed by atoms with Gasteiger partial charge in [-0.3, -0.25) is 14.9 Å². The average Bonchev–Trinajstić information content (AvgIpc) is 2.96. The molecule has 2 heterocycles. The number of halogens is 1. The first-order chi connectivity index (χ1) is 12.0. The first-order valence-corrected chi connectivity index (χ1v) is 8.05. The number of hydrogen-bond donors (Lipinski definition) is 2. The van der Waals surface area contributed by atoms with Crippen molar-refractivity contribution < 1.29 is 9.18 Å². The number of carbonyl (C=O) groups excluding carboxylic acids is 1. The summed E-state index contributed by atoms with van der Waals surface area (Å²) in [4.78, 5) is 16.3. The molecular weight excluding hydrogens is 319 g/mol. The van der Waals surface area contributed by atoms with E-state index in [1.54, 1.807) is 24.5 Å². The molecule has 128 valence electrons. The van der Waals surface area contributed by atoms with E-state index >= 15 is 0 Å². The molecule has 0 fully saturated rings. The molecule has 3 rings (SSSR count). The summed E-state index contributed by atoms with van der Waals surface area (Å²) in [5.41, 5.74) is 3.60. The van der Waals surface area contributed by atoms with Crippen LogP contribution in [0.1, 0.15) is 30.4 Å². The molecule has 0 unspecified atom stereocenters. The second kappa shape index (κ2) is 7.25. The van der Waals surface area contributed by atoms with Crippen molar-refractivity contribution in [1.29, 1.82) is 0 Å². The van der Waals surface area contributed by atoms with Crippen LogP contribution in [0.25, 0.3) is 11.3 Å². The number of aromatic amines is 1. The van der Waals surface area contributed by atoms with Crippen LogP contribution in [0.5, 0.6) is 0 Å². The van der Waals surface area contributed by atoms with Gasteiger partial charge in [0.25, 0.3) is 0 Å². The predicted molar refractivity (Wildman–Crippen MR) is 94.6 cm³/mol. The number of benzene rings is 1. The Morgan fingerprint density at radius 2 is 1.88 bits per heavy atom. The van der Waals surface area contributed by atoms with Gasteiger partial charge in [-0.25, -0.2) is 4.39 Å². The molecule has 5 nitrogen and oxygen atoms in total. The number of amides is 1. The van der Waals surface area contributed by atoms with E-state index in [1.807, 2.05) is 26.0 Å². The maximum Gasteiger partial charge on any atom is 0.226 e. The Kier molecular flexibility index (Phi) is 4.88. The molecule has 2 N–H and O–H groups in total. The Morgan fingerprint density at radius 3 is 2.56 bits per heavy atom. The Labute approximate surface area is 145 Å². The summed E-state index contributed by atoms with van der Waals surface area (Å²) in [5.74, 6) is 0.0894. The molecule has 0 spiro atoms. The molecule has 0 aliphatic rings. The average molecular weight is 338 g/mol. The van der Waals surface area contributed by atoms with Crippen molar-refractivity contribution in [2.24, 2.45) is 0 Å². The lowest BCUT2D eigenvalue weighted by atomic mass is 9.97. The summed E-state index contributed by atoms with van der Waals surface area (Å²) in [6, 6.07) is 9.97. The number of aromatic nitrogens is 3. The molecule has 0 aliphatic heterocycles. The van der Waals surface area contributed by atoms with Gasteiger partial charge in [-0.2, -0.15) is 5.10 Å². The van der Waals surface area contributed by atoms with Gasteiger partial charge in [0.05, 0.1) is 5.69 Å². The Hall–Kier alpha value is -3.02. The van der Waals surface area contributed by atoms with Gasteiger partial charge in [0, 0.05) is 29.9 Å². The summed E-state index contributed by atoms with van der Waals surface area (Å²) in [6.07, 6.45) is 3.71. The number of carbonyl (C=O) groups is 1. The second-order valence-electron chi connectivity index (χ2n) is 6.01. The third-order valence-electron chi connectivity index (χ3n) is 4.17. The highest BCUT2D eigenvalue weighted by molar-refractivity contribution is 5.92. The quantitative estimate of drug-likeness (QED) is 0.737. The third-order valence-corrected chi connectivity index (χ3v) is 4.17. The highest BCUT2D eigenvalue weighted by atomic mass is 19.1. The van der Waals surface area contributed by atoms with E-state index in [4.69, 9.17) is 0 Å². The number of nitrogens with one attached hydrogen (secondary N) is 2. The molecule has 0 radical (unpaired) electrons. The van der Waals surface area contributed by atoms with Gasteiger partial charge in [-0.1, -0.05) is 19.1 Å².